The fraction of sp³-hybridized carbons (Fsp3) is 0.238. The molecule has 144 valence electrons. The minimum absolute atomic E-state index is 0.112. The molecule has 0 aliphatic heterocycles. The number of hydrogen-bond donors (Lipinski definition) is 1. The average Bonchev–Trinajstić information content (AvgIpc) is 3.26. The van der Waals surface area contributed by atoms with E-state index in [4.69, 9.17) is 4.52 Å². The Balaban J connectivity index is 1.87. The van der Waals surface area contributed by atoms with Gasteiger partial charge in [-0.1, -0.05) is 41.6 Å². The molecule has 0 unspecified atom stereocenters. The molecule has 0 fully saturated rings. The van der Waals surface area contributed by atoms with Crippen LogP contribution in [0.4, 0.5) is 0 Å². The summed E-state index contributed by atoms with van der Waals surface area (Å²) in [6, 6.07) is 9.46. The molecular formula is C21H22N4O3. The highest BCUT2D eigenvalue weighted by Gasteiger charge is 2.25. The van der Waals surface area contributed by atoms with Gasteiger partial charge in [-0.25, -0.2) is 0 Å². The number of benzene rings is 1. The van der Waals surface area contributed by atoms with E-state index >= 15 is 0 Å². The first-order valence-corrected chi connectivity index (χ1v) is 8.90. The van der Waals surface area contributed by atoms with Gasteiger partial charge in [0.2, 0.25) is 11.7 Å². The predicted octanol–water partition coefficient (Wildman–Crippen LogP) is 3.71. The van der Waals surface area contributed by atoms with Gasteiger partial charge in [0.1, 0.15) is 6.54 Å². The van der Waals surface area contributed by atoms with Crippen molar-refractivity contribution in [2.45, 2.75) is 27.3 Å². The molecule has 3 aromatic rings. The summed E-state index contributed by atoms with van der Waals surface area (Å²) in [4.78, 5) is 33.9. The molecule has 7 nitrogen and oxygen atoms in total. The Morgan fingerprint density at radius 3 is 2.57 bits per heavy atom. The second kappa shape index (κ2) is 8.04. The lowest BCUT2D eigenvalue weighted by atomic mass is 10.1. The summed E-state index contributed by atoms with van der Waals surface area (Å²) in [5, 5.41) is 3.99. The summed E-state index contributed by atoms with van der Waals surface area (Å²) in [7, 11) is 0. The maximum absolute atomic E-state index is 13.2. The number of rotatable bonds is 7. The molecule has 7 heteroatoms. The van der Waals surface area contributed by atoms with Crippen LogP contribution in [-0.4, -0.2) is 38.3 Å². The van der Waals surface area contributed by atoms with Crippen molar-refractivity contribution in [1.29, 1.82) is 0 Å². The Morgan fingerprint density at radius 2 is 1.96 bits per heavy atom. The molecule has 1 amide bonds. The van der Waals surface area contributed by atoms with Gasteiger partial charge in [-0.15, -0.1) is 6.58 Å². The number of aromatic nitrogens is 3. The number of carbonyl (C=O) groups is 2. The Labute approximate surface area is 163 Å². The van der Waals surface area contributed by atoms with Gasteiger partial charge >= 0.3 is 0 Å². The molecular weight excluding hydrogens is 356 g/mol. The van der Waals surface area contributed by atoms with Crippen LogP contribution >= 0.6 is 0 Å². The van der Waals surface area contributed by atoms with Gasteiger partial charge in [0.25, 0.3) is 5.91 Å². The van der Waals surface area contributed by atoms with Crippen LogP contribution < -0.4 is 0 Å². The van der Waals surface area contributed by atoms with E-state index in [9.17, 15) is 9.59 Å². The Bertz CT molecular complexity index is 1020. The molecule has 0 saturated heterocycles. The number of ketones is 1. The number of nitrogens with zero attached hydrogens (tertiary/aromatic N) is 3. The first-order valence-electron chi connectivity index (χ1n) is 8.90. The van der Waals surface area contributed by atoms with Crippen molar-refractivity contribution in [3.63, 3.8) is 0 Å². The molecule has 0 saturated carbocycles. The summed E-state index contributed by atoms with van der Waals surface area (Å²) in [6.07, 6.45) is 1.63. The van der Waals surface area contributed by atoms with Gasteiger partial charge in [-0.05, 0) is 19.4 Å². The second-order valence-corrected chi connectivity index (χ2v) is 6.53. The summed E-state index contributed by atoms with van der Waals surface area (Å²) < 4.78 is 5.33. The number of aryl methyl sites for hydroxylation is 1. The molecule has 3 rings (SSSR count). The third kappa shape index (κ3) is 3.78. The normalized spacial score (nSPS) is 10.7. The molecule has 0 bridgehead atoms. The van der Waals surface area contributed by atoms with Crippen LogP contribution in [0.2, 0.25) is 0 Å². The first kappa shape index (κ1) is 19.3. The Morgan fingerprint density at radius 1 is 1.25 bits per heavy atom. The average molecular weight is 378 g/mol. The standard InChI is InChI=1S/C21H22N4O3/c1-5-11-25(21(27)18-13(2)19(15(4)26)22-14(18)3)12-17-23-20(24-28-17)16-9-7-6-8-10-16/h5-10,22H,1,11-12H2,2-4H3. The van der Waals surface area contributed by atoms with Gasteiger partial charge in [-0.2, -0.15) is 4.98 Å². The maximum atomic E-state index is 13.2. The van der Waals surface area contributed by atoms with Crippen molar-refractivity contribution < 1.29 is 14.1 Å². The topological polar surface area (TPSA) is 92.1 Å². The van der Waals surface area contributed by atoms with Crippen molar-refractivity contribution in [2.24, 2.45) is 0 Å². The molecule has 1 N–H and O–H groups in total. The zero-order valence-electron chi connectivity index (χ0n) is 16.2. The molecule has 0 aliphatic rings. The highest BCUT2D eigenvalue weighted by Crippen LogP contribution is 2.22. The van der Waals surface area contributed by atoms with Gasteiger partial charge in [-0.3, -0.25) is 9.59 Å². The summed E-state index contributed by atoms with van der Waals surface area (Å²) >= 11 is 0. The zero-order valence-corrected chi connectivity index (χ0v) is 16.2. The number of hydrogen-bond acceptors (Lipinski definition) is 5. The molecule has 2 aromatic heterocycles. The van der Waals surface area contributed by atoms with E-state index in [-0.39, 0.29) is 18.2 Å². The number of aromatic amines is 1. The molecule has 0 radical (unpaired) electrons. The number of H-pyrrole nitrogens is 1. The van der Waals surface area contributed by atoms with Crippen LogP contribution in [0, 0.1) is 13.8 Å². The molecule has 0 aliphatic carbocycles. The zero-order chi connectivity index (χ0) is 20.3. The van der Waals surface area contributed by atoms with E-state index in [1.54, 1.807) is 24.8 Å². The second-order valence-electron chi connectivity index (χ2n) is 6.53. The fourth-order valence-corrected chi connectivity index (χ4v) is 3.14. The summed E-state index contributed by atoms with van der Waals surface area (Å²) in [5.74, 6) is 0.457. The molecule has 1 aromatic carbocycles. The van der Waals surface area contributed by atoms with Crippen LogP contribution in [0.15, 0.2) is 47.5 Å². The lowest BCUT2D eigenvalue weighted by Gasteiger charge is -2.19. The number of Topliss-reactive ketones (excluding diaryl/α,β-unsaturated/α-hetero) is 1. The number of amides is 1. The van der Waals surface area contributed by atoms with E-state index in [1.165, 1.54) is 6.92 Å². The van der Waals surface area contributed by atoms with Gasteiger partial charge in [0, 0.05) is 24.7 Å². The highest BCUT2D eigenvalue weighted by atomic mass is 16.5. The SMILES string of the molecule is C=CCN(Cc1nc(-c2ccccc2)no1)C(=O)c1c(C)[nH]c(C(C)=O)c1C. The van der Waals surface area contributed by atoms with E-state index in [1.807, 2.05) is 30.3 Å². The summed E-state index contributed by atoms with van der Waals surface area (Å²) in [6.45, 7) is 9.19. The van der Waals surface area contributed by atoms with Crippen molar-refractivity contribution >= 4 is 11.7 Å². The van der Waals surface area contributed by atoms with Gasteiger partial charge in [0.15, 0.2) is 5.78 Å². The van der Waals surface area contributed by atoms with Gasteiger partial charge < -0.3 is 14.4 Å². The summed E-state index contributed by atoms with van der Waals surface area (Å²) in [5.41, 5.74) is 3.05. The van der Waals surface area contributed by atoms with Crippen molar-refractivity contribution in [1.82, 2.24) is 20.0 Å². The van der Waals surface area contributed by atoms with Gasteiger partial charge in [0.05, 0.1) is 11.3 Å². The van der Waals surface area contributed by atoms with E-state index in [0.29, 0.717) is 40.8 Å². The first-order chi connectivity index (χ1) is 13.4. The monoisotopic (exact) mass is 378 g/mol. The molecule has 28 heavy (non-hydrogen) atoms. The lowest BCUT2D eigenvalue weighted by molar-refractivity contribution is 0.0744. The fourth-order valence-electron chi connectivity index (χ4n) is 3.14. The van der Waals surface area contributed by atoms with Crippen molar-refractivity contribution in [3.05, 3.63) is 71.4 Å². The number of nitrogens with one attached hydrogen (secondary N) is 1. The van der Waals surface area contributed by atoms with Crippen LogP contribution in [0.25, 0.3) is 11.4 Å². The third-order valence-corrected chi connectivity index (χ3v) is 4.47. The van der Waals surface area contributed by atoms with E-state index < -0.39 is 0 Å². The molecule has 2 heterocycles. The minimum atomic E-state index is -0.224. The maximum Gasteiger partial charge on any atom is 0.256 e. The largest absolute Gasteiger partial charge is 0.355 e. The van der Waals surface area contributed by atoms with Crippen LogP contribution in [0.3, 0.4) is 0 Å². The van der Waals surface area contributed by atoms with E-state index in [2.05, 4.69) is 21.7 Å². The van der Waals surface area contributed by atoms with Crippen molar-refractivity contribution in [3.8, 4) is 11.4 Å². The minimum Gasteiger partial charge on any atom is -0.355 e. The number of carbonyl (C=O) groups excluding carboxylic acids is 2. The molecule has 0 atom stereocenters. The third-order valence-electron chi connectivity index (χ3n) is 4.47. The Kier molecular flexibility index (Phi) is 5.54. The van der Waals surface area contributed by atoms with Crippen LogP contribution in [0.5, 0.6) is 0 Å². The smallest absolute Gasteiger partial charge is 0.256 e. The Hall–Kier alpha value is -3.48. The predicted molar refractivity (Wildman–Crippen MR) is 105 cm³/mol. The van der Waals surface area contributed by atoms with Crippen LogP contribution in [0.1, 0.15) is 44.9 Å². The van der Waals surface area contributed by atoms with Crippen LogP contribution in [-0.2, 0) is 6.54 Å². The lowest BCUT2D eigenvalue weighted by Crippen LogP contribution is -2.31. The quantitative estimate of drug-likeness (QED) is 0.500. The van der Waals surface area contributed by atoms with E-state index in [0.717, 1.165) is 5.56 Å². The van der Waals surface area contributed by atoms with Crippen molar-refractivity contribution in [2.75, 3.05) is 6.54 Å². The highest BCUT2D eigenvalue weighted by molar-refractivity contribution is 6.02. The molecule has 0 spiro atoms.